The number of alkyl halides is 1. The molecule has 2 unspecified atom stereocenters. The molecule has 0 aromatic rings. The maximum Gasteiger partial charge on any atom is 0.171 e. The van der Waals surface area contributed by atoms with E-state index in [1.807, 2.05) is 0 Å². The van der Waals surface area contributed by atoms with Crippen LogP contribution in [-0.4, -0.2) is 11.2 Å². The molecule has 2 rings (SSSR count). The molecule has 0 spiro atoms. The first-order valence-electron chi connectivity index (χ1n) is 1.68. The lowest BCUT2D eigenvalue weighted by Gasteiger charge is -1.78. The summed E-state index contributed by atoms with van der Waals surface area (Å²) < 4.78 is 4.76. The van der Waals surface area contributed by atoms with E-state index in [4.69, 9.17) is 16.3 Å². The number of hydrogen-bond acceptors (Lipinski definition) is 1. The normalized spacial score (nSPS) is 70.2. The molecule has 0 N–H and O–H groups in total. The molecule has 1 nitrogen and oxygen atoms in total. The van der Waals surface area contributed by atoms with Gasteiger partial charge in [0.15, 0.2) is 5.06 Å². The minimum Gasteiger partial charge on any atom is -0.349 e. The standard InChI is InChI=1S/C3H3ClO/c4-3-1-2(3)5-3/h2H,1H2. The molecule has 0 radical (unpaired) electrons. The van der Waals surface area contributed by atoms with Gasteiger partial charge in [0.25, 0.3) is 0 Å². The molecule has 28 valence electrons. The Morgan fingerprint density at radius 2 is 2.20 bits per heavy atom. The smallest absolute Gasteiger partial charge is 0.171 e. The molecule has 0 aromatic carbocycles. The second kappa shape index (κ2) is 0.355. The number of epoxide rings is 1. The van der Waals surface area contributed by atoms with Crippen LogP contribution in [0.2, 0.25) is 0 Å². The molecule has 1 aliphatic carbocycles. The summed E-state index contributed by atoms with van der Waals surface area (Å²) in [7, 11) is 0. The van der Waals surface area contributed by atoms with Crippen LogP contribution in [0.3, 0.4) is 0 Å². The quantitative estimate of drug-likeness (QED) is 0.316. The third kappa shape index (κ3) is 0.143. The third-order valence-electron chi connectivity index (χ3n) is 1.07. The van der Waals surface area contributed by atoms with Gasteiger partial charge in [-0.05, 0) is 0 Å². The van der Waals surface area contributed by atoms with Crippen LogP contribution < -0.4 is 0 Å². The average molecular weight is 90.5 g/mol. The highest BCUT2D eigenvalue weighted by Crippen LogP contribution is 2.62. The minimum atomic E-state index is -0.111. The monoisotopic (exact) mass is 90.0 g/mol. The summed E-state index contributed by atoms with van der Waals surface area (Å²) in [5.74, 6) is 0. The second-order valence-corrected chi connectivity index (χ2v) is 2.24. The molecule has 2 fully saturated rings. The van der Waals surface area contributed by atoms with E-state index in [0.717, 1.165) is 6.42 Å². The van der Waals surface area contributed by atoms with E-state index in [2.05, 4.69) is 0 Å². The first-order chi connectivity index (χ1) is 2.31. The van der Waals surface area contributed by atoms with Crippen LogP contribution in [0.1, 0.15) is 6.42 Å². The minimum absolute atomic E-state index is 0.111. The molecule has 5 heavy (non-hydrogen) atoms. The lowest BCUT2D eigenvalue weighted by molar-refractivity contribution is 0.274. The summed E-state index contributed by atoms with van der Waals surface area (Å²) in [5.41, 5.74) is 0. The van der Waals surface area contributed by atoms with Gasteiger partial charge in [0.2, 0.25) is 0 Å². The highest BCUT2D eigenvalue weighted by atomic mass is 35.5. The number of fused-ring (bicyclic) bond motifs is 1. The van der Waals surface area contributed by atoms with Crippen molar-refractivity contribution in [2.24, 2.45) is 0 Å². The van der Waals surface area contributed by atoms with Gasteiger partial charge in [0.1, 0.15) is 6.10 Å². The molecule has 2 heteroatoms. The van der Waals surface area contributed by atoms with E-state index < -0.39 is 0 Å². The maximum absolute atomic E-state index is 5.49. The summed E-state index contributed by atoms with van der Waals surface area (Å²) >= 11 is 5.49. The Hall–Kier alpha value is 0.250. The zero-order chi connectivity index (χ0) is 3.49. The molecule has 2 atom stereocenters. The van der Waals surface area contributed by atoms with Crippen molar-refractivity contribution in [3.63, 3.8) is 0 Å². The van der Waals surface area contributed by atoms with Crippen molar-refractivity contribution in [1.82, 2.24) is 0 Å². The van der Waals surface area contributed by atoms with Crippen molar-refractivity contribution < 1.29 is 4.74 Å². The fraction of sp³-hybridized carbons (Fsp3) is 1.00. The predicted octanol–water partition coefficient (Wildman–Crippen LogP) is 0.724. The SMILES string of the molecule is ClC12CC1O2. The lowest BCUT2D eigenvalue weighted by atomic mass is 10.9. The fourth-order valence-corrected chi connectivity index (χ4v) is 0.634. The Morgan fingerprint density at radius 1 is 2.00 bits per heavy atom. The Bertz CT molecular complexity index is 75.0. The molecule has 0 aromatic heterocycles. The van der Waals surface area contributed by atoms with Gasteiger partial charge in [-0.3, -0.25) is 0 Å². The number of rotatable bonds is 0. The van der Waals surface area contributed by atoms with Gasteiger partial charge < -0.3 is 4.74 Å². The van der Waals surface area contributed by atoms with Gasteiger partial charge in [-0.15, -0.1) is 0 Å². The number of hydrogen-bond donors (Lipinski definition) is 0. The first-order valence-corrected chi connectivity index (χ1v) is 2.06. The fourth-order valence-electron chi connectivity index (χ4n) is 0.387. The van der Waals surface area contributed by atoms with Gasteiger partial charge >= 0.3 is 0 Å². The van der Waals surface area contributed by atoms with Crippen molar-refractivity contribution >= 4 is 11.6 Å². The summed E-state index contributed by atoms with van der Waals surface area (Å²) in [6, 6.07) is 0. The van der Waals surface area contributed by atoms with Crippen molar-refractivity contribution in [2.75, 3.05) is 0 Å². The summed E-state index contributed by atoms with van der Waals surface area (Å²) in [6.45, 7) is 0. The van der Waals surface area contributed by atoms with Gasteiger partial charge in [0.05, 0.1) is 0 Å². The van der Waals surface area contributed by atoms with Gasteiger partial charge in [-0.1, -0.05) is 11.6 Å². The van der Waals surface area contributed by atoms with Crippen molar-refractivity contribution in [1.29, 1.82) is 0 Å². The third-order valence-corrected chi connectivity index (χ3v) is 1.55. The molecule has 1 aliphatic heterocycles. The van der Waals surface area contributed by atoms with Crippen LogP contribution in [-0.2, 0) is 4.74 Å². The van der Waals surface area contributed by atoms with Crippen LogP contribution in [0.4, 0.5) is 0 Å². The molecular weight excluding hydrogens is 87.5 g/mol. The van der Waals surface area contributed by atoms with Crippen LogP contribution in [0.15, 0.2) is 0 Å². The van der Waals surface area contributed by atoms with Crippen molar-refractivity contribution in [3.8, 4) is 0 Å². The first kappa shape index (κ1) is 2.43. The molecule has 0 amide bonds. The lowest BCUT2D eigenvalue weighted by Crippen LogP contribution is -1.76. The number of ether oxygens (including phenoxy) is 1. The van der Waals surface area contributed by atoms with E-state index in [9.17, 15) is 0 Å². The predicted molar refractivity (Wildman–Crippen MR) is 18.1 cm³/mol. The Morgan fingerprint density at radius 3 is 2.20 bits per heavy atom. The Balaban J connectivity index is 2.37. The molecule has 1 saturated carbocycles. The highest BCUT2D eigenvalue weighted by molar-refractivity contribution is 6.27. The average Bonchev–Trinajstić information content (AvgIpc) is 1.74. The van der Waals surface area contributed by atoms with Gasteiger partial charge in [0, 0.05) is 6.42 Å². The van der Waals surface area contributed by atoms with Crippen LogP contribution in [0.5, 0.6) is 0 Å². The molecule has 0 bridgehead atoms. The largest absolute Gasteiger partial charge is 0.349 e. The Labute approximate surface area is 34.9 Å². The second-order valence-electron chi connectivity index (χ2n) is 1.60. The molecular formula is C3H3ClO. The maximum atomic E-state index is 5.49. The summed E-state index contributed by atoms with van der Waals surface area (Å²) in [6.07, 6.45) is 1.55. The molecule has 2 aliphatic rings. The van der Waals surface area contributed by atoms with Crippen molar-refractivity contribution in [2.45, 2.75) is 17.6 Å². The van der Waals surface area contributed by atoms with Gasteiger partial charge in [-0.2, -0.15) is 0 Å². The van der Waals surface area contributed by atoms with Gasteiger partial charge in [-0.25, -0.2) is 0 Å². The van der Waals surface area contributed by atoms with E-state index in [-0.39, 0.29) is 5.06 Å². The van der Waals surface area contributed by atoms with Crippen LogP contribution in [0.25, 0.3) is 0 Å². The van der Waals surface area contributed by atoms with Crippen LogP contribution >= 0.6 is 11.6 Å². The number of halogens is 1. The van der Waals surface area contributed by atoms with E-state index in [1.165, 1.54) is 0 Å². The summed E-state index contributed by atoms with van der Waals surface area (Å²) in [4.78, 5) is 0. The highest BCUT2D eigenvalue weighted by Gasteiger charge is 2.72. The zero-order valence-electron chi connectivity index (χ0n) is 2.57. The molecule has 1 saturated heterocycles. The zero-order valence-corrected chi connectivity index (χ0v) is 3.33. The van der Waals surface area contributed by atoms with Crippen LogP contribution in [0, 0.1) is 0 Å². The Kier molecular flexibility index (Phi) is 0.172. The van der Waals surface area contributed by atoms with E-state index >= 15 is 0 Å². The summed E-state index contributed by atoms with van der Waals surface area (Å²) in [5, 5.41) is -0.111. The molecule has 1 heterocycles. The van der Waals surface area contributed by atoms with E-state index in [0.29, 0.717) is 6.10 Å². The van der Waals surface area contributed by atoms with Crippen molar-refractivity contribution in [3.05, 3.63) is 0 Å². The topological polar surface area (TPSA) is 12.5 Å². The van der Waals surface area contributed by atoms with E-state index in [1.54, 1.807) is 0 Å².